The van der Waals surface area contributed by atoms with Gasteiger partial charge in [-0.3, -0.25) is 4.57 Å². The number of halogens is 2. The molecular formula is C24H26F2N8O. The van der Waals surface area contributed by atoms with Gasteiger partial charge in [0.1, 0.15) is 18.5 Å². The first kappa shape index (κ1) is 22.9. The van der Waals surface area contributed by atoms with Crippen molar-refractivity contribution in [3.05, 3.63) is 72.2 Å². The van der Waals surface area contributed by atoms with Crippen LogP contribution in [0.2, 0.25) is 0 Å². The molecule has 0 spiro atoms. The van der Waals surface area contributed by atoms with Crippen molar-refractivity contribution in [3.8, 4) is 11.6 Å². The van der Waals surface area contributed by atoms with Gasteiger partial charge < -0.3 is 9.64 Å². The number of anilines is 1. The highest BCUT2D eigenvalue weighted by Crippen LogP contribution is 2.33. The van der Waals surface area contributed by atoms with Crippen LogP contribution >= 0.6 is 0 Å². The fraction of sp³-hybridized carbons (Fsp3) is 0.375. The number of pyridine rings is 1. The normalized spacial score (nSPS) is 13.4. The van der Waals surface area contributed by atoms with E-state index in [2.05, 4.69) is 42.3 Å². The first-order valence-corrected chi connectivity index (χ1v) is 11.6. The monoisotopic (exact) mass is 480 g/mol. The number of nitrogens with zero attached hydrogens (tertiary/aromatic N) is 8. The van der Waals surface area contributed by atoms with Crippen LogP contribution in [0.25, 0.3) is 5.69 Å². The molecule has 0 N–H and O–H groups in total. The number of alkyl halides is 2. The fourth-order valence-corrected chi connectivity index (χ4v) is 3.99. The van der Waals surface area contributed by atoms with E-state index < -0.39 is 13.0 Å². The van der Waals surface area contributed by atoms with Crippen molar-refractivity contribution in [2.45, 2.75) is 51.7 Å². The number of rotatable bonds is 11. The van der Waals surface area contributed by atoms with E-state index in [0.717, 1.165) is 35.9 Å². The van der Waals surface area contributed by atoms with Gasteiger partial charge in [-0.1, -0.05) is 25.1 Å². The van der Waals surface area contributed by atoms with Crippen LogP contribution in [0.4, 0.5) is 14.7 Å². The van der Waals surface area contributed by atoms with Gasteiger partial charge in [0.2, 0.25) is 11.8 Å². The van der Waals surface area contributed by atoms with Crippen LogP contribution in [0, 0.1) is 0 Å². The lowest BCUT2D eigenvalue weighted by molar-refractivity contribution is 0.0790. The van der Waals surface area contributed by atoms with Crippen molar-refractivity contribution in [1.82, 2.24) is 34.5 Å². The van der Waals surface area contributed by atoms with Crippen molar-refractivity contribution >= 4 is 5.95 Å². The summed E-state index contributed by atoms with van der Waals surface area (Å²) in [6, 6.07) is 12.2. The standard InChI is InChI=1S/C24H26F2N8O/c1-2-22-30-31-24(33(22)13-18-4-3-11-28-23(18)35-14-21(25)26)32(19-9-10-19)12-17-5-7-20(8-6-17)34-16-27-15-29-34/h3-8,11,15-16,19,21H,2,9-10,12-14H2,1H3. The number of hydrogen-bond donors (Lipinski definition) is 0. The van der Waals surface area contributed by atoms with Crippen LogP contribution in [0.1, 0.15) is 36.7 Å². The van der Waals surface area contributed by atoms with Gasteiger partial charge in [0.25, 0.3) is 6.43 Å². The molecule has 1 aromatic carbocycles. The summed E-state index contributed by atoms with van der Waals surface area (Å²) >= 11 is 0. The molecule has 3 aromatic heterocycles. The predicted octanol–water partition coefficient (Wildman–Crippen LogP) is 3.68. The van der Waals surface area contributed by atoms with Crippen molar-refractivity contribution in [3.63, 3.8) is 0 Å². The molecule has 0 aliphatic heterocycles. The van der Waals surface area contributed by atoms with Gasteiger partial charge in [-0.2, -0.15) is 5.10 Å². The van der Waals surface area contributed by atoms with Crippen molar-refractivity contribution in [2.24, 2.45) is 0 Å². The second-order valence-corrected chi connectivity index (χ2v) is 8.39. The molecule has 3 heterocycles. The Kier molecular flexibility index (Phi) is 6.64. The van der Waals surface area contributed by atoms with Gasteiger partial charge in [0.05, 0.1) is 12.2 Å². The Morgan fingerprint density at radius 3 is 2.66 bits per heavy atom. The highest BCUT2D eigenvalue weighted by Gasteiger charge is 2.33. The van der Waals surface area contributed by atoms with Gasteiger partial charge in [-0.15, -0.1) is 10.2 Å². The maximum atomic E-state index is 12.7. The first-order chi connectivity index (χ1) is 17.1. The number of hydrogen-bond acceptors (Lipinski definition) is 7. The second-order valence-electron chi connectivity index (χ2n) is 8.39. The molecular weight excluding hydrogens is 454 g/mol. The third-order valence-electron chi connectivity index (χ3n) is 5.87. The van der Waals surface area contributed by atoms with Gasteiger partial charge >= 0.3 is 0 Å². The third kappa shape index (κ3) is 5.28. The average molecular weight is 481 g/mol. The van der Waals surface area contributed by atoms with E-state index in [1.165, 1.54) is 12.5 Å². The lowest BCUT2D eigenvalue weighted by atomic mass is 10.2. The van der Waals surface area contributed by atoms with Gasteiger partial charge in [0, 0.05) is 30.8 Å². The summed E-state index contributed by atoms with van der Waals surface area (Å²) in [5, 5.41) is 13.1. The number of aryl methyl sites for hydroxylation is 1. The topological polar surface area (TPSA) is 86.8 Å². The van der Waals surface area contributed by atoms with Crippen LogP contribution in [-0.2, 0) is 19.5 Å². The number of benzene rings is 1. The average Bonchev–Trinajstić information content (AvgIpc) is 3.41. The molecule has 9 nitrogen and oxygen atoms in total. The van der Waals surface area contributed by atoms with E-state index in [1.807, 2.05) is 29.7 Å². The Balaban J connectivity index is 1.41. The van der Waals surface area contributed by atoms with Crippen molar-refractivity contribution < 1.29 is 13.5 Å². The quantitative estimate of drug-likeness (QED) is 0.324. The Morgan fingerprint density at radius 2 is 1.97 bits per heavy atom. The van der Waals surface area contributed by atoms with E-state index in [-0.39, 0.29) is 5.88 Å². The zero-order valence-electron chi connectivity index (χ0n) is 19.3. The first-order valence-electron chi connectivity index (χ1n) is 11.6. The highest BCUT2D eigenvalue weighted by atomic mass is 19.3. The van der Waals surface area contributed by atoms with Crippen LogP contribution < -0.4 is 9.64 Å². The van der Waals surface area contributed by atoms with E-state index in [9.17, 15) is 8.78 Å². The smallest absolute Gasteiger partial charge is 0.272 e. The molecule has 1 aliphatic rings. The molecule has 0 saturated heterocycles. The lowest BCUT2D eigenvalue weighted by Gasteiger charge is -2.25. The molecule has 182 valence electrons. The minimum Gasteiger partial charge on any atom is -0.471 e. The Hall–Kier alpha value is -3.89. The number of ether oxygens (including phenoxy) is 1. The van der Waals surface area contributed by atoms with E-state index in [1.54, 1.807) is 17.1 Å². The third-order valence-corrected chi connectivity index (χ3v) is 5.87. The highest BCUT2D eigenvalue weighted by molar-refractivity contribution is 5.41. The molecule has 35 heavy (non-hydrogen) atoms. The minimum absolute atomic E-state index is 0.205. The molecule has 4 aromatic rings. The molecule has 1 saturated carbocycles. The van der Waals surface area contributed by atoms with Crippen LogP contribution in [-0.4, -0.2) is 53.6 Å². The summed E-state index contributed by atoms with van der Waals surface area (Å²) < 4.78 is 34.5. The Morgan fingerprint density at radius 1 is 1.14 bits per heavy atom. The molecule has 0 bridgehead atoms. The van der Waals surface area contributed by atoms with E-state index in [0.29, 0.717) is 31.1 Å². The van der Waals surface area contributed by atoms with Crippen LogP contribution in [0.3, 0.4) is 0 Å². The summed E-state index contributed by atoms with van der Waals surface area (Å²) in [6.45, 7) is 2.38. The molecule has 0 unspecified atom stereocenters. The van der Waals surface area contributed by atoms with Gasteiger partial charge in [-0.25, -0.2) is 23.4 Å². The zero-order chi connectivity index (χ0) is 24.2. The molecule has 0 atom stereocenters. The molecule has 0 radical (unpaired) electrons. The Labute approximate surface area is 201 Å². The predicted molar refractivity (Wildman–Crippen MR) is 125 cm³/mol. The maximum absolute atomic E-state index is 12.7. The summed E-state index contributed by atoms with van der Waals surface area (Å²) in [7, 11) is 0. The van der Waals surface area contributed by atoms with Crippen molar-refractivity contribution in [1.29, 1.82) is 0 Å². The summed E-state index contributed by atoms with van der Waals surface area (Å²) in [4.78, 5) is 10.4. The number of aromatic nitrogens is 7. The summed E-state index contributed by atoms with van der Waals surface area (Å²) in [6.07, 6.45) is 5.00. The molecule has 1 aliphatic carbocycles. The molecule has 0 amide bonds. The fourth-order valence-electron chi connectivity index (χ4n) is 3.99. The van der Waals surface area contributed by atoms with E-state index in [4.69, 9.17) is 4.74 Å². The molecule has 5 rings (SSSR count). The molecule has 1 fully saturated rings. The molecule has 11 heteroatoms. The Bertz CT molecular complexity index is 1240. The summed E-state index contributed by atoms with van der Waals surface area (Å²) in [5.74, 6) is 1.78. The largest absolute Gasteiger partial charge is 0.471 e. The van der Waals surface area contributed by atoms with E-state index >= 15 is 0 Å². The summed E-state index contributed by atoms with van der Waals surface area (Å²) in [5.41, 5.74) is 2.78. The maximum Gasteiger partial charge on any atom is 0.272 e. The second kappa shape index (κ2) is 10.2. The SMILES string of the molecule is CCc1nnc(N(Cc2ccc(-n3cncn3)cc2)C2CC2)n1Cc1cccnc1OCC(F)F. The van der Waals surface area contributed by atoms with Gasteiger partial charge in [0.15, 0.2) is 6.61 Å². The van der Waals surface area contributed by atoms with Crippen LogP contribution in [0.5, 0.6) is 5.88 Å². The van der Waals surface area contributed by atoms with Crippen molar-refractivity contribution in [2.75, 3.05) is 11.5 Å². The van der Waals surface area contributed by atoms with Gasteiger partial charge in [-0.05, 0) is 36.6 Å². The lowest BCUT2D eigenvalue weighted by Crippen LogP contribution is -2.29. The minimum atomic E-state index is -2.57. The zero-order valence-corrected chi connectivity index (χ0v) is 19.3. The van der Waals surface area contributed by atoms with Crippen LogP contribution in [0.15, 0.2) is 55.2 Å².